The van der Waals surface area contributed by atoms with Crippen molar-refractivity contribution in [1.82, 2.24) is 0 Å². The van der Waals surface area contributed by atoms with E-state index in [4.69, 9.17) is 9.52 Å². The molecule has 1 aromatic heterocycles. The molecule has 0 aliphatic rings. The van der Waals surface area contributed by atoms with Crippen molar-refractivity contribution in [2.24, 2.45) is 0 Å². The first-order valence-electron chi connectivity index (χ1n) is 5.45. The molecule has 0 aromatic carbocycles. The van der Waals surface area contributed by atoms with E-state index in [1.807, 2.05) is 6.92 Å². The fourth-order valence-electron chi connectivity index (χ4n) is 1.38. The van der Waals surface area contributed by atoms with Gasteiger partial charge in [-0.05, 0) is 6.42 Å². The Labute approximate surface area is 100 Å². The van der Waals surface area contributed by atoms with Gasteiger partial charge in [0.1, 0.15) is 17.8 Å². The SMILES string of the molecule is CCCCCS(=O)(=O)Cc1cc(=O)c(O)co1. The summed E-state index contributed by atoms with van der Waals surface area (Å²) < 4.78 is 28.1. The van der Waals surface area contributed by atoms with Gasteiger partial charge in [-0.2, -0.15) is 0 Å². The molecule has 96 valence electrons. The lowest BCUT2D eigenvalue weighted by molar-refractivity contribution is 0.417. The van der Waals surface area contributed by atoms with Crippen molar-refractivity contribution >= 4 is 9.84 Å². The zero-order chi connectivity index (χ0) is 12.9. The highest BCUT2D eigenvalue weighted by molar-refractivity contribution is 7.90. The first-order valence-corrected chi connectivity index (χ1v) is 7.28. The Morgan fingerprint density at radius 1 is 1.35 bits per heavy atom. The van der Waals surface area contributed by atoms with E-state index >= 15 is 0 Å². The average molecular weight is 260 g/mol. The Balaban J connectivity index is 2.70. The van der Waals surface area contributed by atoms with E-state index in [-0.39, 0.29) is 17.3 Å². The predicted molar refractivity (Wildman–Crippen MR) is 63.7 cm³/mol. The summed E-state index contributed by atoms with van der Waals surface area (Å²) in [5.41, 5.74) is -0.630. The van der Waals surface area contributed by atoms with Gasteiger partial charge in [-0.1, -0.05) is 19.8 Å². The molecule has 0 amide bonds. The van der Waals surface area contributed by atoms with E-state index in [1.54, 1.807) is 0 Å². The van der Waals surface area contributed by atoms with Crippen molar-refractivity contribution in [3.8, 4) is 5.75 Å². The van der Waals surface area contributed by atoms with E-state index in [2.05, 4.69) is 0 Å². The van der Waals surface area contributed by atoms with E-state index in [1.165, 1.54) is 0 Å². The van der Waals surface area contributed by atoms with Crippen LogP contribution in [0.15, 0.2) is 21.5 Å². The lowest BCUT2D eigenvalue weighted by Gasteiger charge is -2.03. The molecule has 0 fully saturated rings. The van der Waals surface area contributed by atoms with Gasteiger partial charge in [-0.15, -0.1) is 0 Å². The van der Waals surface area contributed by atoms with Crippen LogP contribution in [0.1, 0.15) is 31.9 Å². The van der Waals surface area contributed by atoms with Gasteiger partial charge in [0, 0.05) is 6.07 Å². The molecule has 0 bridgehead atoms. The van der Waals surface area contributed by atoms with Crippen molar-refractivity contribution < 1.29 is 17.9 Å². The number of rotatable bonds is 6. The van der Waals surface area contributed by atoms with Crippen LogP contribution >= 0.6 is 0 Å². The maximum Gasteiger partial charge on any atom is 0.226 e. The Kier molecular flexibility index (Phi) is 4.74. The highest BCUT2D eigenvalue weighted by atomic mass is 32.2. The summed E-state index contributed by atoms with van der Waals surface area (Å²) in [4.78, 5) is 11.1. The van der Waals surface area contributed by atoms with Crippen LogP contribution in [0.2, 0.25) is 0 Å². The van der Waals surface area contributed by atoms with Crippen LogP contribution in [0.5, 0.6) is 5.75 Å². The van der Waals surface area contributed by atoms with Gasteiger partial charge in [0.2, 0.25) is 5.43 Å². The van der Waals surface area contributed by atoms with Crippen molar-refractivity contribution in [1.29, 1.82) is 0 Å². The van der Waals surface area contributed by atoms with Crippen molar-refractivity contribution in [2.45, 2.75) is 31.9 Å². The number of unbranched alkanes of at least 4 members (excludes halogenated alkanes) is 2. The van der Waals surface area contributed by atoms with Crippen molar-refractivity contribution in [3.05, 3.63) is 28.3 Å². The monoisotopic (exact) mass is 260 g/mol. The fraction of sp³-hybridized carbons (Fsp3) is 0.545. The molecule has 0 unspecified atom stereocenters. The summed E-state index contributed by atoms with van der Waals surface area (Å²) in [6, 6.07) is 1.01. The second kappa shape index (κ2) is 5.86. The zero-order valence-corrected chi connectivity index (χ0v) is 10.5. The highest BCUT2D eigenvalue weighted by Gasteiger charge is 2.14. The van der Waals surface area contributed by atoms with Crippen LogP contribution in [-0.4, -0.2) is 19.3 Å². The van der Waals surface area contributed by atoms with Gasteiger partial charge in [-0.3, -0.25) is 4.79 Å². The van der Waals surface area contributed by atoms with Crippen LogP contribution in [0.4, 0.5) is 0 Å². The van der Waals surface area contributed by atoms with Crippen LogP contribution < -0.4 is 5.43 Å². The molecular weight excluding hydrogens is 244 g/mol. The third-order valence-corrected chi connectivity index (χ3v) is 3.92. The Morgan fingerprint density at radius 2 is 2.06 bits per heavy atom. The van der Waals surface area contributed by atoms with Crippen LogP contribution in [0.25, 0.3) is 0 Å². The third kappa shape index (κ3) is 4.60. The Bertz CT molecular complexity index is 515. The largest absolute Gasteiger partial charge is 0.502 e. The zero-order valence-electron chi connectivity index (χ0n) is 9.68. The normalized spacial score (nSPS) is 11.6. The molecule has 1 rings (SSSR count). The van der Waals surface area contributed by atoms with Gasteiger partial charge < -0.3 is 9.52 Å². The molecule has 6 heteroatoms. The Hall–Kier alpha value is -1.30. The summed E-state index contributed by atoms with van der Waals surface area (Å²) in [6.07, 6.45) is 3.28. The summed E-state index contributed by atoms with van der Waals surface area (Å²) in [6.45, 7) is 1.99. The van der Waals surface area contributed by atoms with E-state index in [0.29, 0.717) is 6.42 Å². The summed E-state index contributed by atoms with van der Waals surface area (Å²) in [5.74, 6) is -0.668. The minimum Gasteiger partial charge on any atom is -0.502 e. The van der Waals surface area contributed by atoms with Crippen molar-refractivity contribution in [2.75, 3.05) is 5.75 Å². The van der Waals surface area contributed by atoms with E-state index in [9.17, 15) is 13.2 Å². The minimum absolute atomic E-state index is 0.0595. The molecule has 0 aliphatic carbocycles. The van der Waals surface area contributed by atoms with Gasteiger partial charge in [0.25, 0.3) is 0 Å². The third-order valence-electron chi connectivity index (χ3n) is 2.29. The molecule has 0 saturated heterocycles. The first-order chi connectivity index (χ1) is 7.94. The van der Waals surface area contributed by atoms with Gasteiger partial charge in [0.15, 0.2) is 15.6 Å². The number of hydrogen-bond acceptors (Lipinski definition) is 5. The maximum absolute atomic E-state index is 11.6. The van der Waals surface area contributed by atoms with Crippen LogP contribution in [0, 0.1) is 0 Å². The molecule has 0 radical (unpaired) electrons. The van der Waals surface area contributed by atoms with E-state index < -0.39 is 21.0 Å². The second-order valence-corrected chi connectivity index (χ2v) is 6.08. The standard InChI is InChI=1S/C11H16O5S/c1-2-3-4-5-17(14,15)8-9-6-10(12)11(13)7-16-9/h6-7,13H,2-5,8H2,1H3. The summed E-state index contributed by atoms with van der Waals surface area (Å²) in [7, 11) is -3.25. The van der Waals surface area contributed by atoms with Crippen LogP contribution in [0.3, 0.4) is 0 Å². The summed E-state index contributed by atoms with van der Waals surface area (Å²) in [5, 5.41) is 8.96. The average Bonchev–Trinajstić information content (AvgIpc) is 2.23. The molecule has 0 saturated carbocycles. The lowest BCUT2D eigenvalue weighted by Crippen LogP contribution is -2.11. The van der Waals surface area contributed by atoms with Gasteiger partial charge in [-0.25, -0.2) is 8.42 Å². The topological polar surface area (TPSA) is 84.6 Å². The number of hydrogen-bond donors (Lipinski definition) is 1. The first kappa shape index (κ1) is 13.8. The molecular formula is C11H16O5S. The lowest BCUT2D eigenvalue weighted by atomic mass is 10.3. The fourth-order valence-corrected chi connectivity index (χ4v) is 2.75. The highest BCUT2D eigenvalue weighted by Crippen LogP contribution is 2.10. The molecule has 0 aliphatic heterocycles. The molecule has 1 N–H and O–H groups in total. The van der Waals surface area contributed by atoms with Crippen LogP contribution in [-0.2, 0) is 15.6 Å². The van der Waals surface area contributed by atoms with Gasteiger partial charge in [0.05, 0.1) is 5.75 Å². The maximum atomic E-state index is 11.6. The minimum atomic E-state index is -3.25. The quantitative estimate of drug-likeness (QED) is 0.782. The Morgan fingerprint density at radius 3 is 2.65 bits per heavy atom. The molecule has 5 nitrogen and oxygen atoms in total. The molecule has 0 atom stereocenters. The molecule has 1 aromatic rings. The molecule has 17 heavy (non-hydrogen) atoms. The smallest absolute Gasteiger partial charge is 0.226 e. The molecule has 0 spiro atoms. The number of aromatic hydroxyl groups is 1. The van der Waals surface area contributed by atoms with E-state index in [0.717, 1.165) is 25.2 Å². The predicted octanol–water partition coefficient (Wildman–Crippen LogP) is 1.45. The summed E-state index contributed by atoms with van der Waals surface area (Å²) >= 11 is 0. The molecule has 1 heterocycles. The van der Waals surface area contributed by atoms with Crippen molar-refractivity contribution in [3.63, 3.8) is 0 Å². The second-order valence-electron chi connectivity index (χ2n) is 3.89. The van der Waals surface area contributed by atoms with Gasteiger partial charge >= 0.3 is 0 Å². The number of sulfone groups is 1.